The monoisotopic (exact) mass is 383 g/mol. The summed E-state index contributed by atoms with van der Waals surface area (Å²) in [5.41, 5.74) is 0. The molecule has 9 nitrogen and oxygen atoms in total. The third kappa shape index (κ3) is 2.85. The number of aliphatic hydroxyl groups excluding tert-OH is 1. The lowest BCUT2D eigenvalue weighted by atomic mass is 9.84. The number of aliphatic hydroxyl groups is 1. The Labute approximate surface area is 154 Å². The van der Waals surface area contributed by atoms with Crippen molar-refractivity contribution in [3.8, 4) is 0 Å². The molecule has 0 spiro atoms. The molecule has 0 radical (unpaired) electrons. The van der Waals surface area contributed by atoms with Gasteiger partial charge in [-0.1, -0.05) is 0 Å². The Morgan fingerprint density at radius 2 is 2.08 bits per heavy atom. The number of hydrogen-bond donors (Lipinski definition) is 4. The van der Waals surface area contributed by atoms with E-state index >= 15 is 0 Å². The first-order valence-corrected chi connectivity index (χ1v) is 9.57. The van der Waals surface area contributed by atoms with Crippen molar-refractivity contribution in [3.05, 3.63) is 10.8 Å². The number of ether oxygens (including phenoxy) is 1. The normalized spacial score (nSPS) is 37.0. The van der Waals surface area contributed by atoms with Crippen LogP contribution in [0.25, 0.3) is 0 Å². The molecule has 26 heavy (non-hydrogen) atoms. The van der Waals surface area contributed by atoms with Gasteiger partial charge in [0.2, 0.25) is 17.7 Å². The van der Waals surface area contributed by atoms with Crippen LogP contribution in [0.15, 0.2) is 10.8 Å². The van der Waals surface area contributed by atoms with Crippen molar-refractivity contribution in [3.63, 3.8) is 0 Å². The van der Waals surface area contributed by atoms with E-state index in [1.165, 1.54) is 16.7 Å². The van der Waals surface area contributed by atoms with Crippen LogP contribution in [-0.2, 0) is 14.3 Å². The lowest BCUT2D eigenvalue weighted by Crippen LogP contribution is -2.61. The van der Waals surface area contributed by atoms with E-state index in [0.717, 1.165) is 17.9 Å². The molecule has 142 valence electrons. The molecular weight excluding hydrogens is 362 g/mol. The van der Waals surface area contributed by atoms with Crippen molar-refractivity contribution in [2.75, 3.05) is 6.54 Å². The van der Waals surface area contributed by atoms with Crippen molar-refractivity contribution in [2.45, 2.75) is 55.7 Å². The summed E-state index contributed by atoms with van der Waals surface area (Å²) in [4.78, 5) is 36.5. The van der Waals surface area contributed by atoms with Crippen molar-refractivity contribution >= 4 is 29.7 Å². The number of nitrogens with zero attached hydrogens (tertiary/aromatic N) is 1. The Morgan fingerprint density at radius 3 is 2.69 bits per heavy atom. The van der Waals surface area contributed by atoms with E-state index in [9.17, 15) is 19.5 Å². The molecule has 4 heterocycles. The summed E-state index contributed by atoms with van der Waals surface area (Å²) in [5, 5.41) is 25.3. The first kappa shape index (κ1) is 17.6. The van der Waals surface area contributed by atoms with E-state index < -0.39 is 18.2 Å². The zero-order chi connectivity index (χ0) is 18.6. The molecule has 3 saturated heterocycles. The van der Waals surface area contributed by atoms with Gasteiger partial charge in [-0.15, -0.1) is 11.8 Å². The molecule has 0 bridgehead atoms. The number of nitrogens with one attached hydrogen (secondary N) is 2. The van der Waals surface area contributed by atoms with Gasteiger partial charge in [-0.05, 0) is 13.3 Å². The Balaban J connectivity index is 1.44. The van der Waals surface area contributed by atoms with Gasteiger partial charge in [-0.2, -0.15) is 0 Å². The highest BCUT2D eigenvalue weighted by Crippen LogP contribution is 2.49. The standard InChI is InChI=1S/C16H21N3O6S/c1-6(20)13-10-4-11(15(25-16(23)24)19(10)14(13)22)26-7-2-8(17-5-7)9-3-12(21)18-9/h6-10,13,17,20H,2-5H2,1H3,(H,18,21)(H,23,24)/t6-,7+,8+,9?,10-,13-/m1/s1. The first-order valence-electron chi connectivity index (χ1n) is 8.69. The number of hydrogen-bond acceptors (Lipinski definition) is 7. The molecule has 4 aliphatic heterocycles. The van der Waals surface area contributed by atoms with Crippen molar-refractivity contribution in [2.24, 2.45) is 5.92 Å². The molecule has 4 N–H and O–H groups in total. The summed E-state index contributed by atoms with van der Waals surface area (Å²) < 4.78 is 4.91. The van der Waals surface area contributed by atoms with Gasteiger partial charge >= 0.3 is 6.16 Å². The summed E-state index contributed by atoms with van der Waals surface area (Å²) in [5.74, 6) is -0.651. The predicted molar refractivity (Wildman–Crippen MR) is 90.9 cm³/mol. The molecule has 6 atom stereocenters. The van der Waals surface area contributed by atoms with E-state index in [1.807, 2.05) is 0 Å². The van der Waals surface area contributed by atoms with Gasteiger partial charge in [0.05, 0.1) is 24.1 Å². The van der Waals surface area contributed by atoms with Crippen LogP contribution in [-0.4, -0.2) is 69.1 Å². The fraction of sp³-hybridized carbons (Fsp3) is 0.688. The molecule has 0 aromatic rings. The molecule has 2 amide bonds. The second-order valence-electron chi connectivity index (χ2n) is 7.21. The van der Waals surface area contributed by atoms with Crippen LogP contribution in [0.3, 0.4) is 0 Å². The van der Waals surface area contributed by atoms with Crippen molar-refractivity contribution < 1.29 is 29.3 Å². The number of carbonyl (C=O) groups is 3. The van der Waals surface area contributed by atoms with Crippen LogP contribution in [0.5, 0.6) is 0 Å². The second kappa shape index (κ2) is 6.43. The number of amides is 2. The van der Waals surface area contributed by atoms with Gasteiger partial charge in [-0.3, -0.25) is 14.5 Å². The van der Waals surface area contributed by atoms with Crippen LogP contribution in [0.4, 0.5) is 4.79 Å². The number of fused-ring (bicyclic) bond motifs is 1. The average Bonchev–Trinajstić information content (AvgIpc) is 3.07. The van der Waals surface area contributed by atoms with Crippen molar-refractivity contribution in [1.82, 2.24) is 15.5 Å². The largest absolute Gasteiger partial charge is 0.512 e. The molecule has 3 fully saturated rings. The fourth-order valence-corrected chi connectivity index (χ4v) is 5.61. The second-order valence-corrected chi connectivity index (χ2v) is 8.61. The zero-order valence-electron chi connectivity index (χ0n) is 14.2. The van der Waals surface area contributed by atoms with Crippen LogP contribution < -0.4 is 10.6 Å². The van der Waals surface area contributed by atoms with Gasteiger partial charge in [0.25, 0.3) is 0 Å². The Morgan fingerprint density at radius 1 is 1.35 bits per heavy atom. The first-order chi connectivity index (χ1) is 12.3. The molecule has 0 aromatic heterocycles. The van der Waals surface area contributed by atoms with Gasteiger partial charge in [0.15, 0.2) is 0 Å². The van der Waals surface area contributed by atoms with Crippen LogP contribution in [0.1, 0.15) is 26.2 Å². The predicted octanol–water partition coefficient (Wildman–Crippen LogP) is -0.186. The molecule has 1 unspecified atom stereocenters. The van der Waals surface area contributed by atoms with Crippen LogP contribution in [0, 0.1) is 5.92 Å². The molecule has 10 heteroatoms. The average molecular weight is 383 g/mol. The number of carbonyl (C=O) groups excluding carboxylic acids is 2. The number of thioether (sulfide) groups is 1. The Hall–Kier alpha value is -1.78. The molecule has 4 rings (SSSR count). The summed E-state index contributed by atoms with van der Waals surface area (Å²) in [6.45, 7) is 2.31. The topological polar surface area (TPSA) is 128 Å². The fourth-order valence-electron chi connectivity index (χ4n) is 4.22. The number of carboxylic acid groups (broad SMARTS) is 1. The summed E-state index contributed by atoms with van der Waals surface area (Å²) in [6, 6.07) is 0.122. The summed E-state index contributed by atoms with van der Waals surface area (Å²) in [7, 11) is 0. The minimum Gasteiger partial charge on any atom is -0.449 e. The number of rotatable bonds is 5. The molecule has 0 saturated carbocycles. The van der Waals surface area contributed by atoms with Crippen LogP contribution >= 0.6 is 11.8 Å². The summed E-state index contributed by atoms with van der Waals surface area (Å²) >= 11 is 1.53. The van der Waals surface area contributed by atoms with Crippen LogP contribution in [0.2, 0.25) is 0 Å². The van der Waals surface area contributed by atoms with Gasteiger partial charge in [0, 0.05) is 35.6 Å². The van der Waals surface area contributed by atoms with Gasteiger partial charge < -0.3 is 25.6 Å². The molecule has 0 aliphatic carbocycles. The van der Waals surface area contributed by atoms with E-state index in [2.05, 4.69) is 10.6 Å². The van der Waals surface area contributed by atoms with Crippen molar-refractivity contribution in [1.29, 1.82) is 0 Å². The smallest absolute Gasteiger partial charge is 0.449 e. The Kier molecular flexibility index (Phi) is 4.36. The minimum atomic E-state index is -1.45. The number of β-lactam (4-membered cyclic amide) rings is 2. The van der Waals surface area contributed by atoms with Gasteiger partial charge in [-0.25, -0.2) is 4.79 Å². The maximum Gasteiger partial charge on any atom is 0.512 e. The van der Waals surface area contributed by atoms with E-state index in [4.69, 9.17) is 9.84 Å². The van der Waals surface area contributed by atoms with Gasteiger partial charge in [0.1, 0.15) is 0 Å². The minimum absolute atomic E-state index is 0.0654. The molecular formula is C16H21N3O6S. The lowest BCUT2D eigenvalue weighted by Gasteiger charge is -2.44. The lowest BCUT2D eigenvalue weighted by molar-refractivity contribution is -0.161. The maximum atomic E-state index is 12.3. The SMILES string of the molecule is C[C@@H](O)[C@H]1C(=O)N2C(OC(=O)O)=C(S[C@@H]3CN[C@H](C4CC(=O)N4)C3)C[C@H]12. The van der Waals surface area contributed by atoms with E-state index in [-0.39, 0.29) is 41.1 Å². The maximum absolute atomic E-state index is 12.3. The molecule has 4 aliphatic rings. The highest BCUT2D eigenvalue weighted by atomic mass is 32.2. The third-order valence-electron chi connectivity index (χ3n) is 5.50. The highest BCUT2D eigenvalue weighted by Gasteiger charge is 2.57. The molecule has 0 aromatic carbocycles. The highest BCUT2D eigenvalue weighted by molar-refractivity contribution is 8.03. The quantitative estimate of drug-likeness (QED) is 0.380. The van der Waals surface area contributed by atoms with E-state index in [1.54, 1.807) is 6.92 Å². The third-order valence-corrected chi connectivity index (χ3v) is 6.81. The Bertz CT molecular complexity index is 687. The summed E-state index contributed by atoms with van der Waals surface area (Å²) in [6.07, 6.45) is -0.357. The van der Waals surface area contributed by atoms with E-state index in [0.29, 0.717) is 12.8 Å². The zero-order valence-corrected chi connectivity index (χ0v) is 15.0.